The van der Waals surface area contributed by atoms with Gasteiger partial charge in [-0.25, -0.2) is 0 Å². The lowest BCUT2D eigenvalue weighted by atomic mass is 10.4. The minimum Gasteiger partial charge on any atom is -0.378 e. The van der Waals surface area contributed by atoms with E-state index in [1.807, 2.05) is 0 Å². The van der Waals surface area contributed by atoms with E-state index >= 15 is 0 Å². The van der Waals surface area contributed by atoms with E-state index in [9.17, 15) is 0 Å². The molecule has 0 aromatic carbocycles. The minimum atomic E-state index is 0.712. The van der Waals surface area contributed by atoms with Gasteiger partial charge in [0.25, 0.3) is 0 Å². The van der Waals surface area contributed by atoms with Gasteiger partial charge < -0.3 is 19.3 Å². The highest BCUT2D eigenvalue weighted by Gasteiger charge is 2.01. The molecule has 0 amide bonds. The largest absolute Gasteiger partial charge is 0.378 e. The fraction of sp³-hybridized carbons (Fsp3) is 1.00. The highest BCUT2D eigenvalue weighted by atomic mass is 16.5. The zero-order chi connectivity index (χ0) is 15.1. The van der Waals surface area contributed by atoms with E-state index in [4.69, 9.17) is 9.47 Å². The molecule has 4 heteroatoms. The maximum absolute atomic E-state index is 5.61. The van der Waals surface area contributed by atoms with Crippen molar-refractivity contribution in [2.75, 3.05) is 65.7 Å². The molecule has 0 atom stereocenters. The third-order valence-corrected chi connectivity index (χ3v) is 3.45. The van der Waals surface area contributed by atoms with Gasteiger partial charge in [0.05, 0.1) is 26.4 Å². The first-order valence-corrected chi connectivity index (χ1v) is 8.38. The Balaban J connectivity index is 3.31. The third kappa shape index (κ3) is 11.6. The molecule has 4 nitrogen and oxygen atoms in total. The molecule has 0 saturated carbocycles. The van der Waals surface area contributed by atoms with Crippen molar-refractivity contribution >= 4 is 0 Å². The van der Waals surface area contributed by atoms with Crippen LogP contribution in [0.3, 0.4) is 0 Å². The third-order valence-electron chi connectivity index (χ3n) is 3.45. The summed E-state index contributed by atoms with van der Waals surface area (Å²) in [4.78, 5) is 4.84. The van der Waals surface area contributed by atoms with Crippen molar-refractivity contribution in [1.29, 1.82) is 0 Å². The molecule has 0 bridgehead atoms. The molecule has 0 fully saturated rings. The summed E-state index contributed by atoms with van der Waals surface area (Å²) >= 11 is 0. The zero-order valence-electron chi connectivity index (χ0n) is 14.2. The maximum Gasteiger partial charge on any atom is 0.0701 e. The molecule has 0 heterocycles. The Kier molecular flexibility index (Phi) is 15.1. The topological polar surface area (TPSA) is 24.9 Å². The van der Waals surface area contributed by atoms with E-state index in [1.165, 1.54) is 25.9 Å². The van der Waals surface area contributed by atoms with Gasteiger partial charge in [0, 0.05) is 13.1 Å². The van der Waals surface area contributed by atoms with Gasteiger partial charge in [-0.15, -0.1) is 0 Å². The molecule has 0 aliphatic heterocycles. The lowest BCUT2D eigenvalue weighted by Crippen LogP contribution is -2.29. The molecular weight excluding hydrogens is 252 g/mol. The molecule has 20 heavy (non-hydrogen) atoms. The van der Waals surface area contributed by atoms with Crippen LogP contribution in [0.1, 0.15) is 40.5 Å². The van der Waals surface area contributed by atoms with Crippen LogP contribution in [0.15, 0.2) is 0 Å². The normalized spacial score (nSPS) is 11.7. The van der Waals surface area contributed by atoms with Crippen LogP contribution in [-0.2, 0) is 9.47 Å². The number of ether oxygens (including phenoxy) is 2. The van der Waals surface area contributed by atoms with Gasteiger partial charge in [0.1, 0.15) is 0 Å². The average Bonchev–Trinajstić information content (AvgIpc) is 2.47. The van der Waals surface area contributed by atoms with Crippen molar-refractivity contribution in [2.45, 2.75) is 40.5 Å². The van der Waals surface area contributed by atoms with Crippen molar-refractivity contribution in [1.82, 2.24) is 9.80 Å². The predicted molar refractivity (Wildman–Crippen MR) is 86.4 cm³/mol. The molecule has 0 unspecified atom stereocenters. The van der Waals surface area contributed by atoms with Gasteiger partial charge in [0.15, 0.2) is 0 Å². The highest BCUT2D eigenvalue weighted by molar-refractivity contribution is 4.54. The van der Waals surface area contributed by atoms with Crippen molar-refractivity contribution < 1.29 is 9.47 Å². The molecule has 0 radical (unpaired) electrons. The molecule has 0 N–H and O–H groups in total. The number of hydrogen-bond donors (Lipinski definition) is 0. The second-order valence-electron chi connectivity index (χ2n) is 5.09. The first-order valence-electron chi connectivity index (χ1n) is 8.38. The standard InChI is InChI=1S/C16H36N2O2/c1-5-9-17(7-3)11-13-19-15-16-20-14-12-18(8-4)10-6-2/h5-16H2,1-4H3. The van der Waals surface area contributed by atoms with Crippen molar-refractivity contribution in [3.05, 3.63) is 0 Å². The second-order valence-corrected chi connectivity index (χ2v) is 5.09. The van der Waals surface area contributed by atoms with Gasteiger partial charge in [0.2, 0.25) is 0 Å². The minimum absolute atomic E-state index is 0.712. The lowest BCUT2D eigenvalue weighted by molar-refractivity contribution is 0.0320. The van der Waals surface area contributed by atoms with Crippen LogP contribution in [0, 0.1) is 0 Å². The average molecular weight is 288 g/mol. The molecule has 0 aromatic rings. The van der Waals surface area contributed by atoms with E-state index in [0.29, 0.717) is 13.2 Å². The van der Waals surface area contributed by atoms with Crippen molar-refractivity contribution in [3.8, 4) is 0 Å². The summed E-state index contributed by atoms with van der Waals surface area (Å²) in [5, 5.41) is 0. The number of hydrogen-bond acceptors (Lipinski definition) is 4. The van der Waals surface area contributed by atoms with E-state index in [2.05, 4.69) is 37.5 Å². The second kappa shape index (κ2) is 15.2. The first kappa shape index (κ1) is 19.8. The van der Waals surface area contributed by atoms with Gasteiger partial charge in [-0.1, -0.05) is 27.7 Å². The molecular formula is C16H36N2O2. The Hall–Kier alpha value is -0.160. The highest BCUT2D eigenvalue weighted by Crippen LogP contribution is 1.92. The van der Waals surface area contributed by atoms with Gasteiger partial charge in [-0.05, 0) is 39.0 Å². The molecule has 0 saturated heterocycles. The molecule has 0 aromatic heterocycles. The number of likely N-dealkylation sites (N-methyl/N-ethyl adjacent to an activating group) is 2. The summed E-state index contributed by atoms with van der Waals surface area (Å²) in [6, 6.07) is 0. The summed E-state index contributed by atoms with van der Waals surface area (Å²) in [6.45, 7) is 18.5. The van der Waals surface area contributed by atoms with Crippen LogP contribution in [0.2, 0.25) is 0 Å². The summed E-state index contributed by atoms with van der Waals surface area (Å²) in [6.07, 6.45) is 2.42. The molecule has 0 spiro atoms. The van der Waals surface area contributed by atoms with E-state index in [0.717, 1.165) is 39.4 Å². The van der Waals surface area contributed by atoms with Crippen molar-refractivity contribution in [3.63, 3.8) is 0 Å². The van der Waals surface area contributed by atoms with E-state index in [-0.39, 0.29) is 0 Å². The summed E-state index contributed by atoms with van der Waals surface area (Å²) in [5.74, 6) is 0. The van der Waals surface area contributed by atoms with Gasteiger partial charge >= 0.3 is 0 Å². The Morgan fingerprint density at radius 2 is 0.950 bits per heavy atom. The van der Waals surface area contributed by atoms with E-state index in [1.54, 1.807) is 0 Å². The molecule has 122 valence electrons. The molecule has 0 rings (SSSR count). The Morgan fingerprint density at radius 3 is 1.25 bits per heavy atom. The van der Waals surface area contributed by atoms with Crippen LogP contribution in [0.4, 0.5) is 0 Å². The van der Waals surface area contributed by atoms with Crippen molar-refractivity contribution in [2.24, 2.45) is 0 Å². The summed E-state index contributed by atoms with van der Waals surface area (Å²) < 4.78 is 11.2. The first-order chi connectivity index (χ1) is 9.78. The van der Waals surface area contributed by atoms with Crippen LogP contribution in [-0.4, -0.2) is 75.5 Å². The van der Waals surface area contributed by atoms with Gasteiger partial charge in [-0.2, -0.15) is 0 Å². The lowest BCUT2D eigenvalue weighted by Gasteiger charge is -2.20. The Bertz CT molecular complexity index is 171. The smallest absolute Gasteiger partial charge is 0.0701 e. The fourth-order valence-corrected chi connectivity index (χ4v) is 2.20. The number of nitrogens with zero attached hydrogens (tertiary/aromatic N) is 2. The maximum atomic E-state index is 5.61. The van der Waals surface area contributed by atoms with Crippen LogP contribution in [0.5, 0.6) is 0 Å². The quantitative estimate of drug-likeness (QED) is 0.432. The summed E-state index contributed by atoms with van der Waals surface area (Å²) in [7, 11) is 0. The Labute approximate surface area is 126 Å². The Morgan fingerprint density at radius 1 is 0.550 bits per heavy atom. The molecule has 0 aliphatic carbocycles. The van der Waals surface area contributed by atoms with Crippen LogP contribution >= 0.6 is 0 Å². The molecule has 0 aliphatic rings. The predicted octanol–water partition coefficient (Wildman–Crippen LogP) is 2.48. The van der Waals surface area contributed by atoms with Gasteiger partial charge in [-0.3, -0.25) is 0 Å². The van der Waals surface area contributed by atoms with Crippen LogP contribution < -0.4 is 0 Å². The summed E-state index contributed by atoms with van der Waals surface area (Å²) in [5.41, 5.74) is 0. The fourth-order valence-electron chi connectivity index (χ4n) is 2.20. The SMILES string of the molecule is CCCN(CC)CCOCCOCCN(CC)CCC. The van der Waals surface area contributed by atoms with Crippen LogP contribution in [0.25, 0.3) is 0 Å². The number of rotatable bonds is 15. The monoisotopic (exact) mass is 288 g/mol. The van der Waals surface area contributed by atoms with E-state index < -0.39 is 0 Å². The zero-order valence-corrected chi connectivity index (χ0v) is 14.2.